The van der Waals surface area contributed by atoms with E-state index in [2.05, 4.69) is 31.5 Å². The van der Waals surface area contributed by atoms with Crippen molar-refractivity contribution in [3.8, 4) is 11.3 Å². The van der Waals surface area contributed by atoms with Gasteiger partial charge in [0.2, 0.25) is 5.91 Å². The van der Waals surface area contributed by atoms with Gasteiger partial charge in [-0.15, -0.1) is 0 Å². The molecule has 5 rings (SSSR count). The third-order valence-corrected chi connectivity index (χ3v) is 7.12. The molecule has 8 heteroatoms. The molecule has 0 unspecified atom stereocenters. The minimum Gasteiger partial charge on any atom is -0.459 e. The predicted molar refractivity (Wildman–Crippen MR) is 148 cm³/mol. The zero-order valence-corrected chi connectivity index (χ0v) is 22.1. The third kappa shape index (κ3) is 5.20. The Morgan fingerprint density at radius 2 is 1.86 bits per heavy atom. The van der Waals surface area contributed by atoms with Crippen LogP contribution in [0.1, 0.15) is 35.5 Å². The van der Waals surface area contributed by atoms with Crippen molar-refractivity contribution in [2.24, 2.45) is 0 Å². The molecular formula is C28H25BrN4O2S. The molecule has 2 aromatic carbocycles. The SMILES string of the molecule is Cc1ccccc1NC(=O)CCN1C(=S)N[C@H](c2ccccn2)[C@@H]1c1ccc(-c2ccc(Br)cc2)o1. The summed E-state index contributed by atoms with van der Waals surface area (Å²) in [5.74, 6) is 1.46. The van der Waals surface area contributed by atoms with Crippen LogP contribution >= 0.6 is 28.1 Å². The van der Waals surface area contributed by atoms with Gasteiger partial charge in [-0.1, -0.05) is 52.3 Å². The first kappa shape index (κ1) is 24.2. The number of nitrogens with one attached hydrogen (secondary N) is 2. The highest BCUT2D eigenvalue weighted by Gasteiger charge is 2.41. The van der Waals surface area contributed by atoms with E-state index < -0.39 is 0 Å². The van der Waals surface area contributed by atoms with Crippen molar-refractivity contribution in [3.05, 3.63) is 107 Å². The van der Waals surface area contributed by atoms with Gasteiger partial charge in [-0.05, 0) is 67.2 Å². The van der Waals surface area contributed by atoms with Gasteiger partial charge in [-0.2, -0.15) is 0 Å². The van der Waals surface area contributed by atoms with Crippen LogP contribution in [-0.2, 0) is 4.79 Å². The number of anilines is 1. The topological polar surface area (TPSA) is 70.4 Å². The lowest BCUT2D eigenvalue weighted by Crippen LogP contribution is -2.32. The Hall–Kier alpha value is -3.49. The molecule has 1 aliphatic rings. The van der Waals surface area contributed by atoms with E-state index >= 15 is 0 Å². The number of nitrogens with zero attached hydrogens (tertiary/aromatic N) is 2. The highest BCUT2D eigenvalue weighted by Crippen LogP contribution is 2.40. The number of thiocarbonyl (C=S) groups is 1. The molecule has 2 aromatic heterocycles. The summed E-state index contributed by atoms with van der Waals surface area (Å²) in [7, 11) is 0. The average molecular weight is 562 g/mol. The number of aryl methyl sites for hydroxylation is 1. The van der Waals surface area contributed by atoms with Crippen molar-refractivity contribution < 1.29 is 9.21 Å². The summed E-state index contributed by atoms with van der Waals surface area (Å²) < 4.78 is 7.37. The van der Waals surface area contributed by atoms with Crippen molar-refractivity contribution in [3.63, 3.8) is 0 Å². The number of rotatable bonds is 7. The molecular weight excluding hydrogens is 536 g/mol. The van der Waals surface area contributed by atoms with Crippen LogP contribution in [0, 0.1) is 6.92 Å². The number of hydrogen-bond acceptors (Lipinski definition) is 4. The van der Waals surface area contributed by atoms with Crippen molar-refractivity contribution in [2.45, 2.75) is 25.4 Å². The Kier molecular flexibility index (Phi) is 7.16. The molecule has 182 valence electrons. The van der Waals surface area contributed by atoms with Crippen molar-refractivity contribution in [1.82, 2.24) is 15.2 Å². The van der Waals surface area contributed by atoms with Crippen LogP contribution in [0.25, 0.3) is 11.3 Å². The summed E-state index contributed by atoms with van der Waals surface area (Å²) in [6, 6.07) is 25.0. The van der Waals surface area contributed by atoms with Crippen molar-refractivity contribution in [1.29, 1.82) is 0 Å². The van der Waals surface area contributed by atoms with E-state index in [-0.39, 0.29) is 24.4 Å². The van der Waals surface area contributed by atoms with Crippen LogP contribution in [0.2, 0.25) is 0 Å². The summed E-state index contributed by atoms with van der Waals surface area (Å²) in [4.78, 5) is 19.4. The summed E-state index contributed by atoms with van der Waals surface area (Å²) in [5.41, 5.74) is 3.68. The van der Waals surface area contributed by atoms with Gasteiger partial charge >= 0.3 is 0 Å². The molecule has 4 aromatic rings. The summed E-state index contributed by atoms with van der Waals surface area (Å²) >= 11 is 9.20. The smallest absolute Gasteiger partial charge is 0.226 e. The molecule has 1 saturated heterocycles. The van der Waals surface area contributed by atoms with Crippen LogP contribution in [0.4, 0.5) is 5.69 Å². The van der Waals surface area contributed by atoms with E-state index in [9.17, 15) is 4.79 Å². The average Bonchev–Trinajstić information content (AvgIpc) is 3.50. The predicted octanol–water partition coefficient (Wildman–Crippen LogP) is 6.41. The number of benzene rings is 2. The number of amides is 1. The number of carbonyl (C=O) groups excluding carboxylic acids is 1. The Labute approximate surface area is 223 Å². The van der Waals surface area contributed by atoms with Crippen molar-refractivity contribution in [2.75, 3.05) is 11.9 Å². The fourth-order valence-corrected chi connectivity index (χ4v) is 4.98. The fraction of sp³-hybridized carbons (Fsp3) is 0.179. The zero-order chi connectivity index (χ0) is 25.1. The molecule has 0 bridgehead atoms. The molecule has 0 saturated carbocycles. The Morgan fingerprint density at radius 1 is 1.08 bits per heavy atom. The normalized spacial score (nSPS) is 17.2. The maximum absolute atomic E-state index is 12.8. The number of pyridine rings is 1. The van der Waals surface area contributed by atoms with Gasteiger partial charge in [0.15, 0.2) is 5.11 Å². The van der Waals surface area contributed by atoms with E-state index in [4.69, 9.17) is 16.6 Å². The Balaban J connectivity index is 1.40. The van der Waals surface area contributed by atoms with E-state index in [1.54, 1.807) is 6.20 Å². The maximum Gasteiger partial charge on any atom is 0.226 e. The number of furan rings is 1. The molecule has 6 nitrogen and oxygen atoms in total. The van der Waals surface area contributed by atoms with E-state index in [0.717, 1.165) is 38.5 Å². The van der Waals surface area contributed by atoms with Gasteiger partial charge in [0.25, 0.3) is 0 Å². The largest absolute Gasteiger partial charge is 0.459 e. The lowest BCUT2D eigenvalue weighted by atomic mass is 10.0. The zero-order valence-electron chi connectivity index (χ0n) is 19.6. The van der Waals surface area contributed by atoms with Crippen LogP contribution in [0.5, 0.6) is 0 Å². The fourth-order valence-electron chi connectivity index (χ4n) is 4.38. The second-order valence-corrected chi connectivity index (χ2v) is 9.94. The molecule has 1 amide bonds. The minimum absolute atomic E-state index is 0.0675. The number of hydrogen-bond donors (Lipinski definition) is 2. The monoisotopic (exact) mass is 560 g/mol. The highest BCUT2D eigenvalue weighted by molar-refractivity contribution is 9.10. The van der Waals surface area contributed by atoms with Gasteiger partial charge in [0.05, 0.1) is 11.7 Å². The number of carbonyl (C=O) groups is 1. The second-order valence-electron chi connectivity index (χ2n) is 8.64. The molecule has 0 radical (unpaired) electrons. The van der Waals surface area contributed by atoms with Gasteiger partial charge < -0.3 is 20.0 Å². The van der Waals surface area contributed by atoms with E-state index in [1.165, 1.54) is 0 Å². The van der Waals surface area contributed by atoms with E-state index in [1.807, 2.05) is 90.7 Å². The first-order chi connectivity index (χ1) is 17.5. The first-order valence-electron chi connectivity index (χ1n) is 11.7. The van der Waals surface area contributed by atoms with Crippen LogP contribution in [0.15, 0.2) is 93.9 Å². The number of aromatic nitrogens is 1. The molecule has 1 aliphatic heterocycles. The summed E-state index contributed by atoms with van der Waals surface area (Å²) in [5, 5.41) is 6.98. The van der Waals surface area contributed by atoms with Crippen LogP contribution < -0.4 is 10.6 Å². The van der Waals surface area contributed by atoms with Gasteiger partial charge in [0.1, 0.15) is 17.6 Å². The van der Waals surface area contributed by atoms with Gasteiger partial charge in [-0.3, -0.25) is 9.78 Å². The molecule has 0 spiro atoms. The third-order valence-electron chi connectivity index (χ3n) is 6.24. The second kappa shape index (κ2) is 10.6. The van der Waals surface area contributed by atoms with E-state index in [0.29, 0.717) is 11.7 Å². The van der Waals surface area contributed by atoms with Crippen LogP contribution in [0.3, 0.4) is 0 Å². The molecule has 2 N–H and O–H groups in total. The highest BCUT2D eigenvalue weighted by atomic mass is 79.9. The molecule has 36 heavy (non-hydrogen) atoms. The summed E-state index contributed by atoms with van der Waals surface area (Å²) in [6.07, 6.45) is 2.05. The van der Waals surface area contributed by atoms with Crippen molar-refractivity contribution >= 4 is 44.9 Å². The maximum atomic E-state index is 12.8. The molecule has 0 aliphatic carbocycles. The Morgan fingerprint density at radius 3 is 2.61 bits per heavy atom. The lowest BCUT2D eigenvalue weighted by molar-refractivity contribution is -0.116. The quantitative estimate of drug-likeness (QED) is 0.254. The minimum atomic E-state index is -0.247. The summed E-state index contributed by atoms with van der Waals surface area (Å²) in [6.45, 7) is 2.41. The number of halogens is 1. The van der Waals surface area contributed by atoms with Gasteiger partial charge in [0, 0.05) is 34.9 Å². The number of para-hydroxylation sites is 1. The molecule has 2 atom stereocenters. The molecule has 3 heterocycles. The Bertz CT molecular complexity index is 1370. The van der Waals surface area contributed by atoms with Crippen LogP contribution in [-0.4, -0.2) is 27.4 Å². The first-order valence-corrected chi connectivity index (χ1v) is 12.9. The standard InChI is InChI=1S/C28H25BrN4O2S/c1-18-6-2-3-7-21(18)31-25(34)15-17-33-27(26(32-28(33)36)22-8-4-5-16-30-22)24-14-13-23(35-24)19-9-11-20(29)12-10-19/h2-14,16,26-27H,15,17H2,1H3,(H,31,34)(H,32,36)/t26-,27+/m1/s1. The lowest BCUT2D eigenvalue weighted by Gasteiger charge is -2.26. The molecule has 1 fully saturated rings. The van der Waals surface area contributed by atoms with Gasteiger partial charge in [-0.25, -0.2) is 0 Å².